The van der Waals surface area contributed by atoms with Gasteiger partial charge in [0.25, 0.3) is 5.91 Å². The molecule has 2 heterocycles. The van der Waals surface area contributed by atoms with Crippen LogP contribution >= 0.6 is 11.3 Å². The van der Waals surface area contributed by atoms with Crippen LogP contribution in [0.15, 0.2) is 67.0 Å². The van der Waals surface area contributed by atoms with E-state index in [9.17, 15) is 4.79 Å². The molecular weight excluding hydrogens is 360 g/mol. The maximum absolute atomic E-state index is 12.5. The second-order valence-electron chi connectivity index (χ2n) is 5.87. The summed E-state index contributed by atoms with van der Waals surface area (Å²) < 4.78 is 6.64. The number of nitrogens with zero attached hydrogens (tertiary/aromatic N) is 3. The molecule has 27 heavy (non-hydrogen) atoms. The molecule has 2 aromatic heterocycles. The van der Waals surface area contributed by atoms with Gasteiger partial charge in [-0.25, -0.2) is 15.0 Å². The number of hydrogen-bond donors (Lipinski definition) is 1. The van der Waals surface area contributed by atoms with Crippen molar-refractivity contribution in [1.29, 1.82) is 0 Å². The fraction of sp³-hybridized carbons (Fsp3) is 0.100. The van der Waals surface area contributed by atoms with Crippen molar-refractivity contribution in [3.63, 3.8) is 0 Å². The summed E-state index contributed by atoms with van der Waals surface area (Å²) in [7, 11) is 0. The number of amides is 1. The Morgan fingerprint density at radius 3 is 2.52 bits per heavy atom. The molecule has 134 valence electrons. The van der Waals surface area contributed by atoms with Crippen molar-refractivity contribution in [3.05, 3.63) is 77.6 Å². The molecule has 0 aliphatic heterocycles. The number of nitrogens with one attached hydrogen (secondary N) is 1. The molecule has 0 spiro atoms. The van der Waals surface area contributed by atoms with Gasteiger partial charge in [0.2, 0.25) is 0 Å². The first-order chi connectivity index (χ1) is 13.2. The average Bonchev–Trinajstić information content (AvgIpc) is 3.14. The molecule has 0 unspecified atom stereocenters. The summed E-state index contributed by atoms with van der Waals surface area (Å²) in [4.78, 5) is 25.1. The van der Waals surface area contributed by atoms with Gasteiger partial charge in [-0.2, -0.15) is 0 Å². The fourth-order valence-electron chi connectivity index (χ4n) is 2.53. The number of ether oxygens (including phenoxy) is 1. The van der Waals surface area contributed by atoms with Gasteiger partial charge < -0.3 is 10.1 Å². The second-order valence-corrected chi connectivity index (χ2v) is 6.94. The highest BCUT2D eigenvalue weighted by molar-refractivity contribution is 7.18. The van der Waals surface area contributed by atoms with Gasteiger partial charge in [-0.05, 0) is 49.4 Å². The van der Waals surface area contributed by atoms with E-state index in [0.717, 1.165) is 15.2 Å². The third-order valence-corrected chi connectivity index (χ3v) is 5.12. The van der Waals surface area contributed by atoms with E-state index in [1.807, 2.05) is 31.2 Å². The lowest BCUT2D eigenvalue weighted by atomic mass is 10.2. The van der Waals surface area contributed by atoms with Crippen molar-refractivity contribution < 1.29 is 9.53 Å². The molecule has 1 amide bonds. The number of carbonyl (C=O) groups excluding carboxylic acids is 1. The van der Waals surface area contributed by atoms with E-state index in [0.29, 0.717) is 11.3 Å². The summed E-state index contributed by atoms with van der Waals surface area (Å²) in [5, 5.41) is 3.87. The third kappa shape index (κ3) is 3.93. The third-order valence-electron chi connectivity index (χ3n) is 3.90. The largest absolute Gasteiger partial charge is 0.424 e. The normalized spacial score (nSPS) is 11.9. The quantitative estimate of drug-likeness (QED) is 0.560. The average molecular weight is 376 g/mol. The zero-order chi connectivity index (χ0) is 18.6. The van der Waals surface area contributed by atoms with Gasteiger partial charge in [-0.1, -0.05) is 12.1 Å². The second kappa shape index (κ2) is 7.51. The Labute approximate surface area is 159 Å². The van der Waals surface area contributed by atoms with Crippen molar-refractivity contribution in [1.82, 2.24) is 20.3 Å². The molecule has 4 rings (SSSR count). The van der Waals surface area contributed by atoms with Crippen LogP contribution in [0.4, 0.5) is 0 Å². The molecule has 0 bridgehead atoms. The smallest absolute Gasteiger partial charge is 0.321 e. The summed E-state index contributed by atoms with van der Waals surface area (Å²) in [6, 6.07) is 16.6. The van der Waals surface area contributed by atoms with Crippen LogP contribution in [0.25, 0.3) is 10.2 Å². The van der Waals surface area contributed by atoms with Crippen LogP contribution in [0, 0.1) is 0 Å². The summed E-state index contributed by atoms with van der Waals surface area (Å²) in [6.45, 7) is 1.93. The van der Waals surface area contributed by atoms with Gasteiger partial charge in [0.1, 0.15) is 10.8 Å². The van der Waals surface area contributed by atoms with Crippen molar-refractivity contribution in [2.45, 2.75) is 13.0 Å². The molecule has 0 saturated heterocycles. The standard InChI is InChI=1S/C20H16N4O2S/c1-13(19-24-16-5-2-3-6-17(16)27-19)23-18(25)14-7-9-15(10-8-14)26-20-21-11-4-12-22-20/h2-13H,1H3,(H,23,25)/t13-/m1/s1. The highest BCUT2D eigenvalue weighted by Gasteiger charge is 2.15. The number of carbonyl (C=O) groups is 1. The van der Waals surface area contributed by atoms with Gasteiger partial charge in [0.05, 0.1) is 16.3 Å². The summed E-state index contributed by atoms with van der Waals surface area (Å²) >= 11 is 1.59. The van der Waals surface area contributed by atoms with E-state index in [1.54, 1.807) is 54.1 Å². The number of benzene rings is 2. The molecule has 0 aliphatic carbocycles. The van der Waals surface area contributed by atoms with Crippen LogP contribution in [-0.2, 0) is 0 Å². The monoisotopic (exact) mass is 376 g/mol. The summed E-state index contributed by atoms with van der Waals surface area (Å²) in [6.07, 6.45) is 3.21. The predicted octanol–water partition coefficient (Wildman–Crippen LogP) is 4.37. The molecule has 0 saturated carbocycles. The lowest BCUT2D eigenvalue weighted by molar-refractivity contribution is 0.0940. The minimum atomic E-state index is -0.177. The van der Waals surface area contributed by atoms with Crippen LogP contribution in [0.5, 0.6) is 11.8 Å². The van der Waals surface area contributed by atoms with Gasteiger partial charge >= 0.3 is 6.01 Å². The van der Waals surface area contributed by atoms with Gasteiger partial charge in [0.15, 0.2) is 0 Å². The zero-order valence-corrected chi connectivity index (χ0v) is 15.3. The number of thiazole rings is 1. The van der Waals surface area contributed by atoms with Crippen molar-refractivity contribution >= 4 is 27.5 Å². The molecule has 2 aromatic carbocycles. The number of hydrogen-bond acceptors (Lipinski definition) is 6. The Morgan fingerprint density at radius 1 is 1.04 bits per heavy atom. The number of fused-ring (bicyclic) bond motifs is 1. The molecule has 0 radical (unpaired) electrons. The van der Waals surface area contributed by atoms with Gasteiger partial charge in [-0.15, -0.1) is 11.3 Å². The lowest BCUT2D eigenvalue weighted by Crippen LogP contribution is -2.26. The van der Waals surface area contributed by atoms with Crippen LogP contribution < -0.4 is 10.1 Å². The molecule has 0 fully saturated rings. The Hall–Kier alpha value is -3.32. The summed E-state index contributed by atoms with van der Waals surface area (Å²) in [5.74, 6) is 0.404. The predicted molar refractivity (Wildman–Crippen MR) is 104 cm³/mol. The van der Waals surface area contributed by atoms with Crippen LogP contribution in [-0.4, -0.2) is 20.9 Å². The van der Waals surface area contributed by atoms with Crippen molar-refractivity contribution in [2.75, 3.05) is 0 Å². The first-order valence-electron chi connectivity index (χ1n) is 8.40. The minimum absolute atomic E-state index is 0.163. The molecule has 0 aliphatic rings. The summed E-state index contributed by atoms with van der Waals surface area (Å²) in [5.41, 5.74) is 1.49. The topological polar surface area (TPSA) is 77.0 Å². The lowest BCUT2D eigenvalue weighted by Gasteiger charge is -2.11. The van der Waals surface area contributed by atoms with E-state index in [1.165, 1.54) is 0 Å². The molecule has 7 heteroatoms. The van der Waals surface area contributed by atoms with E-state index >= 15 is 0 Å². The SMILES string of the molecule is C[C@@H](NC(=O)c1ccc(Oc2ncccn2)cc1)c1nc2ccccc2s1. The maximum Gasteiger partial charge on any atom is 0.321 e. The zero-order valence-electron chi connectivity index (χ0n) is 14.5. The number of rotatable bonds is 5. The molecule has 4 aromatic rings. The van der Waals surface area contributed by atoms with E-state index in [2.05, 4.69) is 20.3 Å². The highest BCUT2D eigenvalue weighted by atomic mass is 32.1. The molecule has 6 nitrogen and oxygen atoms in total. The van der Waals surface area contributed by atoms with Gasteiger partial charge in [-0.3, -0.25) is 4.79 Å². The highest BCUT2D eigenvalue weighted by Crippen LogP contribution is 2.26. The Morgan fingerprint density at radius 2 is 1.78 bits per heavy atom. The van der Waals surface area contributed by atoms with E-state index in [4.69, 9.17) is 4.74 Å². The van der Waals surface area contributed by atoms with Crippen LogP contribution in [0.2, 0.25) is 0 Å². The molecule has 1 atom stereocenters. The van der Waals surface area contributed by atoms with Crippen LogP contribution in [0.3, 0.4) is 0 Å². The molecular formula is C20H16N4O2S. The minimum Gasteiger partial charge on any atom is -0.424 e. The first kappa shape index (κ1) is 17.1. The number of para-hydroxylation sites is 1. The first-order valence-corrected chi connectivity index (χ1v) is 9.22. The van der Waals surface area contributed by atoms with Crippen LogP contribution in [0.1, 0.15) is 28.3 Å². The Balaban J connectivity index is 1.43. The Kier molecular flexibility index (Phi) is 4.76. The Bertz CT molecular complexity index is 1030. The van der Waals surface area contributed by atoms with E-state index < -0.39 is 0 Å². The fourth-order valence-corrected chi connectivity index (χ4v) is 3.50. The van der Waals surface area contributed by atoms with Crippen molar-refractivity contribution in [2.24, 2.45) is 0 Å². The van der Waals surface area contributed by atoms with Gasteiger partial charge in [0, 0.05) is 18.0 Å². The van der Waals surface area contributed by atoms with E-state index in [-0.39, 0.29) is 18.0 Å². The van der Waals surface area contributed by atoms with Crippen molar-refractivity contribution in [3.8, 4) is 11.8 Å². The maximum atomic E-state index is 12.5. The number of aromatic nitrogens is 3. The molecule has 1 N–H and O–H groups in total.